The van der Waals surface area contributed by atoms with Gasteiger partial charge in [0.2, 0.25) is 0 Å². The molecule has 0 bridgehead atoms. The van der Waals surface area contributed by atoms with Crippen LogP contribution in [0.2, 0.25) is 0 Å². The Morgan fingerprint density at radius 3 is 2.52 bits per heavy atom. The lowest BCUT2D eigenvalue weighted by atomic mass is 10.00. The highest BCUT2D eigenvalue weighted by atomic mass is 16.5. The standard InChI is InChI=1S/C19H30O2/c1-5-6-7-8-10-16(2)11-9-12-17-13-14-18(20-3)19(15-17)21-4/h8,10,13-16H,5-7,9,11-12H2,1-4H3/b10-8+/t16-/m1/s1. The van der Waals surface area contributed by atoms with Crippen LogP contribution in [0, 0.1) is 5.92 Å². The van der Waals surface area contributed by atoms with Crippen molar-refractivity contribution in [3.05, 3.63) is 35.9 Å². The SMILES string of the molecule is CCCC/C=C/[C@@H](C)CCCc1ccc(OC)c(OC)c1. The molecule has 0 N–H and O–H groups in total. The molecular formula is C19H30O2. The maximum Gasteiger partial charge on any atom is 0.160 e. The summed E-state index contributed by atoms with van der Waals surface area (Å²) in [6.45, 7) is 4.54. The quantitative estimate of drug-likeness (QED) is 0.424. The van der Waals surface area contributed by atoms with E-state index in [1.165, 1.54) is 37.7 Å². The van der Waals surface area contributed by atoms with Gasteiger partial charge in [-0.2, -0.15) is 0 Å². The number of aryl methyl sites for hydroxylation is 1. The molecule has 1 aromatic rings. The first-order chi connectivity index (χ1) is 10.2. The van der Waals surface area contributed by atoms with Gasteiger partial charge in [-0.25, -0.2) is 0 Å². The summed E-state index contributed by atoms with van der Waals surface area (Å²) >= 11 is 0. The van der Waals surface area contributed by atoms with Crippen molar-refractivity contribution >= 4 is 0 Å². The van der Waals surface area contributed by atoms with Crippen molar-refractivity contribution in [3.8, 4) is 11.5 Å². The number of benzene rings is 1. The lowest BCUT2D eigenvalue weighted by molar-refractivity contribution is 0.354. The largest absolute Gasteiger partial charge is 0.493 e. The fourth-order valence-corrected chi connectivity index (χ4v) is 2.41. The molecule has 21 heavy (non-hydrogen) atoms. The first-order valence-electron chi connectivity index (χ1n) is 8.08. The Morgan fingerprint density at radius 1 is 1.10 bits per heavy atom. The number of hydrogen-bond donors (Lipinski definition) is 0. The zero-order valence-corrected chi connectivity index (χ0v) is 14.0. The Balaban J connectivity index is 2.36. The van der Waals surface area contributed by atoms with Gasteiger partial charge in [-0.3, -0.25) is 0 Å². The van der Waals surface area contributed by atoms with Gasteiger partial charge in [-0.05, 0) is 49.3 Å². The van der Waals surface area contributed by atoms with Crippen molar-refractivity contribution in [2.75, 3.05) is 14.2 Å². The molecule has 0 unspecified atom stereocenters. The molecule has 0 aromatic heterocycles. The van der Waals surface area contributed by atoms with E-state index in [2.05, 4.69) is 38.1 Å². The van der Waals surface area contributed by atoms with Gasteiger partial charge < -0.3 is 9.47 Å². The van der Waals surface area contributed by atoms with E-state index < -0.39 is 0 Å². The normalized spacial score (nSPS) is 12.6. The van der Waals surface area contributed by atoms with Gasteiger partial charge in [0.25, 0.3) is 0 Å². The highest BCUT2D eigenvalue weighted by molar-refractivity contribution is 5.42. The number of methoxy groups -OCH3 is 2. The second kappa shape index (κ2) is 10.3. The molecule has 2 nitrogen and oxygen atoms in total. The van der Waals surface area contributed by atoms with Crippen LogP contribution in [0.4, 0.5) is 0 Å². The summed E-state index contributed by atoms with van der Waals surface area (Å²) < 4.78 is 10.6. The topological polar surface area (TPSA) is 18.5 Å². The summed E-state index contributed by atoms with van der Waals surface area (Å²) in [5.74, 6) is 2.29. The molecule has 0 aliphatic carbocycles. The smallest absolute Gasteiger partial charge is 0.160 e. The molecule has 0 spiro atoms. The first kappa shape index (κ1) is 17.6. The Labute approximate surface area is 130 Å². The van der Waals surface area contributed by atoms with Gasteiger partial charge in [-0.1, -0.05) is 44.9 Å². The van der Waals surface area contributed by atoms with Gasteiger partial charge in [0, 0.05) is 0 Å². The van der Waals surface area contributed by atoms with Crippen molar-refractivity contribution in [1.82, 2.24) is 0 Å². The fourth-order valence-electron chi connectivity index (χ4n) is 2.41. The predicted molar refractivity (Wildman–Crippen MR) is 90.3 cm³/mol. The molecular weight excluding hydrogens is 260 g/mol. The molecule has 0 saturated heterocycles. The monoisotopic (exact) mass is 290 g/mol. The van der Waals surface area contributed by atoms with Crippen LogP contribution in [0.15, 0.2) is 30.4 Å². The number of rotatable bonds is 10. The third-order valence-electron chi connectivity index (χ3n) is 3.76. The van der Waals surface area contributed by atoms with Crippen LogP contribution in [0.3, 0.4) is 0 Å². The van der Waals surface area contributed by atoms with E-state index in [0.717, 1.165) is 17.9 Å². The van der Waals surface area contributed by atoms with E-state index >= 15 is 0 Å². The van der Waals surface area contributed by atoms with Gasteiger partial charge >= 0.3 is 0 Å². The van der Waals surface area contributed by atoms with Crippen molar-refractivity contribution in [2.45, 2.75) is 52.4 Å². The second-order valence-electron chi connectivity index (χ2n) is 5.63. The van der Waals surface area contributed by atoms with Gasteiger partial charge in [0.15, 0.2) is 11.5 Å². The molecule has 0 aliphatic heterocycles. The number of ether oxygens (including phenoxy) is 2. The van der Waals surface area contributed by atoms with Crippen molar-refractivity contribution in [2.24, 2.45) is 5.92 Å². The Kier molecular flexibility index (Phi) is 8.65. The summed E-state index contributed by atoms with van der Waals surface area (Å²) in [7, 11) is 3.36. The average molecular weight is 290 g/mol. The molecule has 0 heterocycles. The molecule has 0 amide bonds. The molecule has 1 aromatic carbocycles. The third-order valence-corrected chi connectivity index (χ3v) is 3.76. The van der Waals surface area contributed by atoms with Crippen molar-refractivity contribution in [1.29, 1.82) is 0 Å². The molecule has 1 atom stereocenters. The van der Waals surface area contributed by atoms with E-state index in [0.29, 0.717) is 5.92 Å². The van der Waals surface area contributed by atoms with Crippen LogP contribution in [-0.4, -0.2) is 14.2 Å². The number of hydrogen-bond acceptors (Lipinski definition) is 2. The van der Waals surface area contributed by atoms with Gasteiger partial charge in [-0.15, -0.1) is 0 Å². The second-order valence-corrected chi connectivity index (χ2v) is 5.63. The fraction of sp³-hybridized carbons (Fsp3) is 0.579. The van der Waals surface area contributed by atoms with Crippen LogP contribution >= 0.6 is 0 Å². The van der Waals surface area contributed by atoms with Crippen LogP contribution in [0.1, 0.15) is 51.5 Å². The number of unbranched alkanes of at least 4 members (excludes halogenated alkanes) is 2. The van der Waals surface area contributed by atoms with Crippen LogP contribution in [0.25, 0.3) is 0 Å². The molecule has 0 fully saturated rings. The molecule has 118 valence electrons. The summed E-state index contributed by atoms with van der Waals surface area (Å²) in [4.78, 5) is 0. The highest BCUT2D eigenvalue weighted by Crippen LogP contribution is 2.28. The van der Waals surface area contributed by atoms with E-state index in [1.807, 2.05) is 6.07 Å². The summed E-state index contributed by atoms with van der Waals surface area (Å²) in [6.07, 6.45) is 12.0. The molecule has 1 rings (SSSR count). The lowest BCUT2D eigenvalue weighted by Crippen LogP contribution is -1.95. The molecule has 0 radical (unpaired) electrons. The summed E-state index contributed by atoms with van der Waals surface area (Å²) in [5, 5.41) is 0. The minimum absolute atomic E-state index is 0.669. The highest BCUT2D eigenvalue weighted by Gasteiger charge is 2.05. The lowest BCUT2D eigenvalue weighted by Gasteiger charge is -2.10. The minimum Gasteiger partial charge on any atom is -0.493 e. The third kappa shape index (κ3) is 6.70. The van der Waals surface area contributed by atoms with E-state index in [4.69, 9.17) is 9.47 Å². The molecule has 2 heteroatoms. The Morgan fingerprint density at radius 2 is 1.86 bits per heavy atom. The van der Waals surface area contributed by atoms with Crippen LogP contribution in [0.5, 0.6) is 11.5 Å². The molecule has 0 saturated carbocycles. The zero-order valence-electron chi connectivity index (χ0n) is 14.0. The molecule has 0 aliphatic rings. The average Bonchev–Trinajstić information content (AvgIpc) is 2.51. The van der Waals surface area contributed by atoms with E-state index in [9.17, 15) is 0 Å². The van der Waals surface area contributed by atoms with Crippen LogP contribution < -0.4 is 9.47 Å². The van der Waals surface area contributed by atoms with Crippen LogP contribution in [-0.2, 0) is 6.42 Å². The maximum absolute atomic E-state index is 5.34. The first-order valence-corrected chi connectivity index (χ1v) is 8.08. The maximum atomic E-state index is 5.34. The Bertz CT molecular complexity index is 424. The van der Waals surface area contributed by atoms with E-state index in [1.54, 1.807) is 14.2 Å². The van der Waals surface area contributed by atoms with Gasteiger partial charge in [0.1, 0.15) is 0 Å². The van der Waals surface area contributed by atoms with E-state index in [-0.39, 0.29) is 0 Å². The van der Waals surface area contributed by atoms with Crippen molar-refractivity contribution < 1.29 is 9.47 Å². The predicted octanol–water partition coefficient (Wildman–Crippen LogP) is 5.41. The minimum atomic E-state index is 0.669. The Hall–Kier alpha value is -1.44. The summed E-state index contributed by atoms with van der Waals surface area (Å²) in [6, 6.07) is 6.20. The summed E-state index contributed by atoms with van der Waals surface area (Å²) in [5.41, 5.74) is 1.31. The van der Waals surface area contributed by atoms with Gasteiger partial charge in [0.05, 0.1) is 14.2 Å². The number of allylic oxidation sites excluding steroid dienone is 2. The zero-order chi connectivity index (χ0) is 15.5. The van der Waals surface area contributed by atoms with Crippen molar-refractivity contribution in [3.63, 3.8) is 0 Å².